The van der Waals surface area contributed by atoms with Gasteiger partial charge in [-0.3, -0.25) is 0 Å². The van der Waals surface area contributed by atoms with Gasteiger partial charge in [0.1, 0.15) is 11.0 Å². The van der Waals surface area contributed by atoms with Gasteiger partial charge in [0.15, 0.2) is 17.5 Å². The Labute approximate surface area is 335 Å². The van der Waals surface area contributed by atoms with Crippen LogP contribution in [0.3, 0.4) is 0 Å². The van der Waals surface area contributed by atoms with E-state index in [0.29, 0.717) is 17.5 Å². The molecule has 7 aromatic carbocycles. The third-order valence-corrected chi connectivity index (χ3v) is 10.5. The summed E-state index contributed by atoms with van der Waals surface area (Å²) in [5, 5.41) is 4.17. The molecular formula is C52H37N5O. The molecule has 6 nitrogen and oxygen atoms in total. The Hall–Kier alpha value is -7.83. The third-order valence-electron chi connectivity index (χ3n) is 10.5. The fourth-order valence-electron chi connectivity index (χ4n) is 7.82. The van der Waals surface area contributed by atoms with Crippen molar-refractivity contribution >= 4 is 67.7 Å². The van der Waals surface area contributed by atoms with Crippen LogP contribution in [0.25, 0.3) is 84.8 Å². The highest BCUT2D eigenvalue weighted by atomic mass is 16.3. The Kier molecular flexibility index (Phi) is 8.77. The Morgan fingerprint density at radius 2 is 1.05 bits per heavy atom. The predicted molar refractivity (Wildman–Crippen MR) is 239 cm³/mol. The lowest BCUT2D eigenvalue weighted by molar-refractivity contribution is 0.575. The van der Waals surface area contributed by atoms with Crippen LogP contribution in [0, 0.1) is 0 Å². The van der Waals surface area contributed by atoms with Gasteiger partial charge >= 0.3 is 0 Å². The monoisotopic (exact) mass is 747 g/mol. The van der Waals surface area contributed by atoms with E-state index in [2.05, 4.69) is 119 Å². The van der Waals surface area contributed by atoms with Gasteiger partial charge in [0.2, 0.25) is 0 Å². The number of anilines is 3. The second-order valence-electron chi connectivity index (χ2n) is 14.1. The van der Waals surface area contributed by atoms with Crippen molar-refractivity contribution in [2.24, 2.45) is 0 Å². The summed E-state index contributed by atoms with van der Waals surface area (Å²) in [4.78, 5) is 17.2. The second kappa shape index (κ2) is 14.7. The van der Waals surface area contributed by atoms with E-state index < -0.39 is 0 Å². The number of allylic oxidation sites excluding steroid dienone is 1. The van der Waals surface area contributed by atoms with E-state index in [1.54, 1.807) is 0 Å². The van der Waals surface area contributed by atoms with Crippen LogP contribution < -0.4 is 15.5 Å². The number of aromatic nitrogens is 4. The first-order valence-electron chi connectivity index (χ1n) is 19.3. The van der Waals surface area contributed by atoms with Gasteiger partial charge in [-0.1, -0.05) is 122 Å². The maximum atomic E-state index is 6.45. The molecular weight excluding hydrogens is 711 g/mol. The number of benzene rings is 7. The Morgan fingerprint density at radius 1 is 0.517 bits per heavy atom. The molecule has 0 aliphatic heterocycles. The highest BCUT2D eigenvalue weighted by molar-refractivity contribution is 6.12. The maximum absolute atomic E-state index is 6.45. The average molecular weight is 748 g/mol. The quantitative estimate of drug-likeness (QED) is 0.155. The van der Waals surface area contributed by atoms with Gasteiger partial charge in [-0.2, -0.15) is 0 Å². The Balaban J connectivity index is 1.12. The van der Waals surface area contributed by atoms with Crippen molar-refractivity contribution in [1.82, 2.24) is 19.5 Å². The van der Waals surface area contributed by atoms with E-state index in [9.17, 15) is 0 Å². The summed E-state index contributed by atoms with van der Waals surface area (Å²) < 4.78 is 8.70. The van der Waals surface area contributed by atoms with Crippen molar-refractivity contribution in [2.75, 3.05) is 4.90 Å². The standard InChI is InChI=1S/C52H37N5O/c1-3-48-44(45-33-38(28-31-49(45)58-48)52-54-50(36-18-8-4-9-19-36)53-51(55-52)37-20-10-5-11-21-37)32-35(2)56-46-27-17-16-26-42(46)43-34-41(29-30-47(43)56)57(39-22-12-6-13-23-39)40-24-14-7-15-25-40/h3-34H,2H2,1H3/b44-32-,48-3+. The number of rotatable bonds is 8. The number of furan rings is 1. The minimum atomic E-state index is 0.584. The fourth-order valence-corrected chi connectivity index (χ4v) is 7.82. The summed E-state index contributed by atoms with van der Waals surface area (Å²) >= 11 is 0. The summed E-state index contributed by atoms with van der Waals surface area (Å²) in [5.74, 6) is 1.81. The van der Waals surface area contributed by atoms with Gasteiger partial charge in [-0.25, -0.2) is 15.0 Å². The second-order valence-corrected chi connectivity index (χ2v) is 14.1. The topological polar surface area (TPSA) is 60.0 Å². The van der Waals surface area contributed by atoms with Gasteiger partial charge in [-0.15, -0.1) is 0 Å². The highest BCUT2D eigenvalue weighted by Crippen LogP contribution is 2.39. The van der Waals surface area contributed by atoms with E-state index in [-0.39, 0.29) is 0 Å². The van der Waals surface area contributed by atoms with Crippen molar-refractivity contribution in [2.45, 2.75) is 6.92 Å². The molecule has 0 atom stereocenters. The molecule has 3 aromatic heterocycles. The number of nitrogens with zero attached hydrogens (tertiary/aromatic N) is 5. The molecule has 3 heterocycles. The molecule has 0 bridgehead atoms. The van der Waals surface area contributed by atoms with E-state index in [1.807, 2.05) is 97.9 Å². The lowest BCUT2D eigenvalue weighted by Crippen LogP contribution is -2.20. The maximum Gasteiger partial charge on any atom is 0.164 e. The van der Waals surface area contributed by atoms with Crippen molar-refractivity contribution in [3.63, 3.8) is 0 Å². The van der Waals surface area contributed by atoms with E-state index in [4.69, 9.17) is 19.4 Å². The average Bonchev–Trinajstić information content (AvgIpc) is 3.82. The molecule has 10 rings (SSSR count). The summed E-state index contributed by atoms with van der Waals surface area (Å²) in [6.07, 6.45) is 4.13. The molecule has 0 saturated carbocycles. The molecule has 0 aliphatic carbocycles. The molecule has 6 heteroatoms. The molecule has 276 valence electrons. The van der Waals surface area contributed by atoms with Crippen LogP contribution in [0.5, 0.6) is 0 Å². The van der Waals surface area contributed by atoms with Crippen molar-refractivity contribution in [3.05, 3.63) is 199 Å². The van der Waals surface area contributed by atoms with Crippen LogP contribution in [-0.2, 0) is 0 Å². The first-order chi connectivity index (χ1) is 28.6. The third kappa shape index (κ3) is 6.23. The number of para-hydroxylation sites is 3. The molecule has 58 heavy (non-hydrogen) atoms. The van der Waals surface area contributed by atoms with Crippen LogP contribution in [0.1, 0.15) is 6.92 Å². The van der Waals surface area contributed by atoms with E-state index >= 15 is 0 Å². The van der Waals surface area contributed by atoms with Crippen molar-refractivity contribution in [1.29, 1.82) is 0 Å². The number of hydrogen-bond donors (Lipinski definition) is 0. The van der Waals surface area contributed by atoms with Crippen molar-refractivity contribution in [3.8, 4) is 34.2 Å². The van der Waals surface area contributed by atoms with Gasteiger partial charge in [0.25, 0.3) is 0 Å². The minimum Gasteiger partial charge on any atom is -0.456 e. The molecule has 0 radical (unpaired) electrons. The Morgan fingerprint density at radius 3 is 1.66 bits per heavy atom. The smallest absolute Gasteiger partial charge is 0.164 e. The SMILES string of the molecule is C=C(/C=c1\c(=C/C)oc2ccc(-c3nc(-c4ccccc4)nc(-c4ccccc4)n3)cc12)n1c2ccccc2c2cc(N(c3ccccc3)c3ccccc3)ccc21. The lowest BCUT2D eigenvalue weighted by Gasteiger charge is -2.25. The van der Waals surface area contributed by atoms with Crippen LogP contribution in [-0.4, -0.2) is 19.5 Å². The molecule has 0 aliphatic rings. The Bertz CT molecular complexity index is 3150. The summed E-state index contributed by atoms with van der Waals surface area (Å²) in [7, 11) is 0. The van der Waals surface area contributed by atoms with Gasteiger partial charge in [0.05, 0.1) is 11.0 Å². The van der Waals surface area contributed by atoms with Crippen molar-refractivity contribution < 1.29 is 4.42 Å². The summed E-state index contributed by atoms with van der Waals surface area (Å²) in [6, 6.07) is 62.4. The fraction of sp³-hybridized carbons (Fsp3) is 0.0192. The van der Waals surface area contributed by atoms with E-state index in [0.717, 1.165) is 82.9 Å². The largest absolute Gasteiger partial charge is 0.456 e. The molecule has 0 N–H and O–H groups in total. The van der Waals surface area contributed by atoms with Crippen LogP contribution in [0.2, 0.25) is 0 Å². The van der Waals surface area contributed by atoms with Gasteiger partial charge in [-0.05, 0) is 85.8 Å². The zero-order valence-electron chi connectivity index (χ0n) is 31.8. The predicted octanol–water partition coefficient (Wildman–Crippen LogP) is 11.9. The van der Waals surface area contributed by atoms with Gasteiger partial charge < -0.3 is 13.9 Å². The van der Waals surface area contributed by atoms with Gasteiger partial charge in [0, 0.05) is 60.8 Å². The zero-order chi connectivity index (χ0) is 39.0. The molecule has 0 saturated heterocycles. The first-order valence-corrected chi connectivity index (χ1v) is 19.3. The summed E-state index contributed by atoms with van der Waals surface area (Å²) in [6.45, 7) is 6.68. The molecule has 10 aromatic rings. The minimum absolute atomic E-state index is 0.584. The van der Waals surface area contributed by atoms with Crippen LogP contribution >= 0.6 is 0 Å². The first kappa shape index (κ1) is 34.6. The highest BCUT2D eigenvalue weighted by Gasteiger charge is 2.18. The summed E-state index contributed by atoms with van der Waals surface area (Å²) in [5.41, 5.74) is 10.5. The lowest BCUT2D eigenvalue weighted by atomic mass is 10.1. The number of fused-ring (bicyclic) bond motifs is 4. The normalized spacial score (nSPS) is 12.2. The molecule has 0 amide bonds. The molecule has 0 spiro atoms. The molecule has 0 unspecified atom stereocenters. The van der Waals surface area contributed by atoms with E-state index in [1.165, 1.54) is 0 Å². The van der Waals surface area contributed by atoms with Crippen LogP contribution in [0.4, 0.5) is 17.1 Å². The number of hydrogen-bond acceptors (Lipinski definition) is 5. The zero-order valence-corrected chi connectivity index (χ0v) is 31.8. The molecule has 0 fully saturated rings. The van der Waals surface area contributed by atoms with Crippen LogP contribution in [0.15, 0.2) is 193 Å².